The molecule has 0 aliphatic rings. The molecule has 1 N–H and O–H groups in total. The van der Waals surface area contributed by atoms with Crippen LogP contribution in [0.4, 0.5) is 0 Å². The maximum atomic E-state index is 10.9. The van der Waals surface area contributed by atoms with Gasteiger partial charge >= 0.3 is 5.97 Å². The molecule has 17 heavy (non-hydrogen) atoms. The Labute approximate surface area is 101 Å². The Hall–Kier alpha value is -1.77. The van der Waals surface area contributed by atoms with E-state index in [4.69, 9.17) is 5.11 Å². The number of rotatable bonds is 3. The molecular weight excluding hydrogens is 214 g/mol. The van der Waals surface area contributed by atoms with Crippen LogP contribution in [0.1, 0.15) is 29.8 Å². The highest BCUT2D eigenvalue weighted by atomic mass is 16.4. The largest absolute Gasteiger partial charge is 0.478 e. The van der Waals surface area contributed by atoms with E-state index in [1.165, 1.54) is 0 Å². The molecule has 0 fully saturated rings. The molecule has 3 heteroatoms. The molecule has 90 valence electrons. The van der Waals surface area contributed by atoms with Gasteiger partial charge in [0, 0.05) is 23.6 Å². The molecule has 0 radical (unpaired) electrons. The molecule has 0 amide bonds. The van der Waals surface area contributed by atoms with Crippen molar-refractivity contribution >= 4 is 16.9 Å². The smallest absolute Gasteiger partial charge is 0.335 e. The molecule has 0 saturated carbocycles. The molecule has 0 aliphatic heterocycles. The highest BCUT2D eigenvalue weighted by molar-refractivity contribution is 5.94. The summed E-state index contributed by atoms with van der Waals surface area (Å²) < 4.78 is 2.20. The molecule has 0 aliphatic carbocycles. The number of carboxylic acid groups (broad SMARTS) is 1. The standard InChI is InChI=1S/C14H17NO2/c1-9(2)7-15-8-10(3)12-6-11(14(16)17)4-5-13(12)15/h4-6,8-9H,7H2,1-3H3,(H,16,17). The van der Waals surface area contributed by atoms with Crippen LogP contribution in [0.15, 0.2) is 24.4 Å². The van der Waals surface area contributed by atoms with Crippen LogP contribution in [0.5, 0.6) is 0 Å². The summed E-state index contributed by atoms with van der Waals surface area (Å²) in [6.45, 7) is 7.32. The van der Waals surface area contributed by atoms with Gasteiger partial charge in [-0.1, -0.05) is 13.8 Å². The Kier molecular flexibility index (Phi) is 2.92. The molecule has 0 atom stereocenters. The van der Waals surface area contributed by atoms with Crippen molar-refractivity contribution in [1.29, 1.82) is 0 Å². The molecule has 0 unspecified atom stereocenters. The number of aryl methyl sites for hydroxylation is 1. The number of nitrogens with zero attached hydrogens (tertiary/aromatic N) is 1. The van der Waals surface area contributed by atoms with Gasteiger partial charge in [-0.25, -0.2) is 4.79 Å². The summed E-state index contributed by atoms with van der Waals surface area (Å²) in [5.41, 5.74) is 2.59. The van der Waals surface area contributed by atoms with Crippen LogP contribution in [0.25, 0.3) is 10.9 Å². The molecule has 3 nitrogen and oxygen atoms in total. The van der Waals surface area contributed by atoms with Crippen LogP contribution < -0.4 is 0 Å². The van der Waals surface area contributed by atoms with Crippen molar-refractivity contribution in [1.82, 2.24) is 4.57 Å². The van der Waals surface area contributed by atoms with Crippen LogP contribution in [-0.4, -0.2) is 15.6 Å². The molecule has 0 spiro atoms. The Morgan fingerprint density at radius 2 is 2.12 bits per heavy atom. The lowest BCUT2D eigenvalue weighted by Crippen LogP contribution is -2.02. The predicted molar refractivity (Wildman–Crippen MR) is 68.5 cm³/mol. The summed E-state index contributed by atoms with van der Waals surface area (Å²) in [5.74, 6) is -0.299. The van der Waals surface area contributed by atoms with Crippen molar-refractivity contribution in [2.75, 3.05) is 0 Å². The number of carboxylic acids is 1. The average Bonchev–Trinajstić information content (AvgIpc) is 2.54. The van der Waals surface area contributed by atoms with E-state index in [0.29, 0.717) is 11.5 Å². The van der Waals surface area contributed by atoms with E-state index in [9.17, 15) is 4.79 Å². The van der Waals surface area contributed by atoms with Gasteiger partial charge in [-0.2, -0.15) is 0 Å². The van der Waals surface area contributed by atoms with Crippen molar-refractivity contribution in [3.63, 3.8) is 0 Å². The fourth-order valence-corrected chi connectivity index (χ4v) is 2.15. The van der Waals surface area contributed by atoms with Crippen molar-refractivity contribution < 1.29 is 9.90 Å². The zero-order valence-electron chi connectivity index (χ0n) is 10.4. The number of fused-ring (bicyclic) bond motifs is 1. The summed E-state index contributed by atoms with van der Waals surface area (Å²) in [6, 6.07) is 5.32. The first-order valence-corrected chi connectivity index (χ1v) is 5.82. The van der Waals surface area contributed by atoms with Gasteiger partial charge in [0.25, 0.3) is 0 Å². The van der Waals surface area contributed by atoms with Gasteiger partial charge in [0.2, 0.25) is 0 Å². The van der Waals surface area contributed by atoms with Gasteiger partial charge in [-0.15, -0.1) is 0 Å². The van der Waals surface area contributed by atoms with E-state index in [1.807, 2.05) is 13.0 Å². The SMILES string of the molecule is Cc1cn(CC(C)C)c2ccc(C(=O)O)cc12. The number of benzene rings is 1. The van der Waals surface area contributed by atoms with E-state index in [0.717, 1.165) is 23.0 Å². The number of aromatic carboxylic acids is 1. The topological polar surface area (TPSA) is 42.2 Å². The first kappa shape index (κ1) is 11.7. The van der Waals surface area contributed by atoms with Crippen LogP contribution >= 0.6 is 0 Å². The van der Waals surface area contributed by atoms with Crippen LogP contribution in [0, 0.1) is 12.8 Å². The lowest BCUT2D eigenvalue weighted by atomic mass is 10.1. The Morgan fingerprint density at radius 3 is 2.71 bits per heavy atom. The molecule has 1 aromatic carbocycles. The van der Waals surface area contributed by atoms with Gasteiger partial charge < -0.3 is 9.67 Å². The third-order valence-electron chi connectivity index (χ3n) is 2.89. The van der Waals surface area contributed by atoms with Crippen LogP contribution in [0.2, 0.25) is 0 Å². The highest BCUT2D eigenvalue weighted by Crippen LogP contribution is 2.23. The fourth-order valence-electron chi connectivity index (χ4n) is 2.15. The Bertz CT molecular complexity index is 567. The minimum absolute atomic E-state index is 0.350. The number of hydrogen-bond donors (Lipinski definition) is 1. The van der Waals surface area contributed by atoms with Gasteiger partial charge in [0.15, 0.2) is 0 Å². The second-order valence-corrected chi connectivity index (χ2v) is 4.90. The molecule has 0 bridgehead atoms. The quantitative estimate of drug-likeness (QED) is 0.880. The minimum atomic E-state index is -0.872. The predicted octanol–water partition coefficient (Wildman–Crippen LogP) is 3.30. The maximum Gasteiger partial charge on any atom is 0.335 e. The van der Waals surface area contributed by atoms with Gasteiger partial charge in [0.05, 0.1) is 5.56 Å². The maximum absolute atomic E-state index is 10.9. The highest BCUT2D eigenvalue weighted by Gasteiger charge is 2.10. The zero-order chi connectivity index (χ0) is 12.6. The first-order chi connectivity index (χ1) is 7.99. The van der Waals surface area contributed by atoms with Crippen molar-refractivity contribution in [2.45, 2.75) is 27.3 Å². The zero-order valence-corrected chi connectivity index (χ0v) is 10.4. The van der Waals surface area contributed by atoms with Crippen molar-refractivity contribution in [3.8, 4) is 0 Å². The van der Waals surface area contributed by atoms with E-state index < -0.39 is 5.97 Å². The van der Waals surface area contributed by atoms with E-state index in [1.54, 1.807) is 12.1 Å². The monoisotopic (exact) mass is 231 g/mol. The van der Waals surface area contributed by atoms with Gasteiger partial charge in [-0.05, 0) is 36.6 Å². The summed E-state index contributed by atoms with van der Waals surface area (Å²) in [5, 5.41) is 10.0. The first-order valence-electron chi connectivity index (χ1n) is 5.82. The lowest BCUT2D eigenvalue weighted by molar-refractivity contribution is 0.0697. The summed E-state index contributed by atoms with van der Waals surface area (Å²) in [7, 11) is 0. The summed E-state index contributed by atoms with van der Waals surface area (Å²) in [4.78, 5) is 10.9. The number of carbonyl (C=O) groups is 1. The molecule has 0 saturated heterocycles. The molecule has 1 aromatic heterocycles. The molecular formula is C14H17NO2. The lowest BCUT2D eigenvalue weighted by Gasteiger charge is -2.08. The average molecular weight is 231 g/mol. The van der Waals surface area contributed by atoms with Crippen molar-refractivity contribution in [2.24, 2.45) is 5.92 Å². The second-order valence-electron chi connectivity index (χ2n) is 4.90. The van der Waals surface area contributed by atoms with Crippen LogP contribution in [0.3, 0.4) is 0 Å². The third-order valence-corrected chi connectivity index (χ3v) is 2.89. The molecule has 2 aromatic rings. The van der Waals surface area contributed by atoms with Crippen molar-refractivity contribution in [3.05, 3.63) is 35.5 Å². The third kappa shape index (κ3) is 2.18. The Balaban J connectivity index is 2.57. The number of aromatic nitrogens is 1. The van der Waals surface area contributed by atoms with E-state index in [-0.39, 0.29) is 0 Å². The molecule has 1 heterocycles. The summed E-state index contributed by atoms with van der Waals surface area (Å²) in [6.07, 6.45) is 2.09. The van der Waals surface area contributed by atoms with E-state index >= 15 is 0 Å². The molecule has 2 rings (SSSR count). The second kappa shape index (κ2) is 4.24. The van der Waals surface area contributed by atoms with Gasteiger partial charge in [-0.3, -0.25) is 0 Å². The fraction of sp³-hybridized carbons (Fsp3) is 0.357. The van der Waals surface area contributed by atoms with Crippen LogP contribution in [-0.2, 0) is 6.54 Å². The number of hydrogen-bond acceptors (Lipinski definition) is 1. The summed E-state index contributed by atoms with van der Waals surface area (Å²) >= 11 is 0. The minimum Gasteiger partial charge on any atom is -0.478 e. The normalized spacial score (nSPS) is 11.3. The van der Waals surface area contributed by atoms with Gasteiger partial charge in [0.1, 0.15) is 0 Å². The van der Waals surface area contributed by atoms with E-state index in [2.05, 4.69) is 24.6 Å². The Morgan fingerprint density at radius 1 is 1.41 bits per heavy atom.